The molecule has 57 heavy (non-hydrogen) atoms. The Morgan fingerprint density at radius 3 is 2.44 bits per heavy atom. The van der Waals surface area contributed by atoms with Gasteiger partial charge in [0.15, 0.2) is 11.8 Å². The molecule has 4 aliphatic rings. The minimum atomic E-state index is -5.38. The van der Waals surface area contributed by atoms with Crippen molar-refractivity contribution in [2.24, 2.45) is 5.41 Å². The number of fused-ring (bicyclic) bond motifs is 1. The van der Waals surface area contributed by atoms with Crippen molar-refractivity contribution in [2.45, 2.75) is 48.6 Å². The van der Waals surface area contributed by atoms with E-state index in [0.29, 0.717) is 4.31 Å². The van der Waals surface area contributed by atoms with Crippen LogP contribution in [0.5, 0.6) is 17.4 Å². The van der Waals surface area contributed by atoms with Gasteiger partial charge in [-0.05, 0) is 75.3 Å². The molecule has 20 heteroatoms. The number of ether oxygens (including phenoxy) is 4. The van der Waals surface area contributed by atoms with Gasteiger partial charge in [0, 0.05) is 43.5 Å². The second kappa shape index (κ2) is 14.7. The Morgan fingerprint density at radius 2 is 1.79 bits per heavy atom. The number of methoxy groups -OCH3 is 2. The second-order valence-electron chi connectivity index (χ2n) is 14.0. The second-order valence-corrected chi connectivity index (χ2v) is 15.8. The Kier molecular flexibility index (Phi) is 10.2. The van der Waals surface area contributed by atoms with Gasteiger partial charge >= 0.3 is 18.2 Å². The number of sulfonamides is 1. The van der Waals surface area contributed by atoms with Crippen LogP contribution in [-0.2, 0) is 29.9 Å². The van der Waals surface area contributed by atoms with E-state index in [-0.39, 0.29) is 72.0 Å². The molecule has 3 aromatic rings. The van der Waals surface area contributed by atoms with E-state index in [1.54, 1.807) is 6.92 Å². The Labute approximate surface area is 325 Å². The van der Waals surface area contributed by atoms with E-state index in [4.69, 9.17) is 18.9 Å². The molecular formula is C37H38F3N7O9S. The first kappa shape index (κ1) is 39.6. The lowest BCUT2D eigenvalue weighted by Gasteiger charge is -2.65. The molecule has 3 fully saturated rings. The van der Waals surface area contributed by atoms with Crippen molar-refractivity contribution in [1.82, 2.24) is 25.4 Å². The minimum absolute atomic E-state index is 0.00997. The number of alkyl halides is 3. The summed E-state index contributed by atoms with van der Waals surface area (Å²) >= 11 is 0. The predicted octanol–water partition coefficient (Wildman–Crippen LogP) is 2.86. The van der Waals surface area contributed by atoms with Crippen LogP contribution in [0.25, 0.3) is 0 Å². The van der Waals surface area contributed by atoms with E-state index in [2.05, 4.69) is 20.5 Å². The summed E-state index contributed by atoms with van der Waals surface area (Å²) in [7, 11) is -2.34. The van der Waals surface area contributed by atoms with Crippen LogP contribution in [-0.4, -0.2) is 113 Å². The minimum Gasteiger partial charge on any atom is -0.497 e. The molecule has 2 unspecified atom stereocenters. The van der Waals surface area contributed by atoms with Crippen molar-refractivity contribution in [3.63, 3.8) is 0 Å². The van der Waals surface area contributed by atoms with Gasteiger partial charge in [-0.1, -0.05) is 0 Å². The molecule has 0 bridgehead atoms. The number of carbonyl (C=O) groups is 3. The molecule has 3 saturated heterocycles. The number of benzene rings is 2. The smallest absolute Gasteiger partial charge is 0.491 e. The normalized spacial score (nSPS) is 21.8. The quantitative estimate of drug-likeness (QED) is 0.284. The molecule has 2 N–H and O–H groups in total. The molecule has 16 nitrogen and oxygen atoms in total. The lowest BCUT2D eigenvalue weighted by atomic mass is 9.69. The number of esters is 1. The van der Waals surface area contributed by atoms with Crippen molar-refractivity contribution in [1.29, 1.82) is 5.26 Å². The number of halogens is 3. The molecule has 2 atom stereocenters. The highest BCUT2D eigenvalue weighted by Crippen LogP contribution is 2.52. The number of pyridine rings is 1. The highest BCUT2D eigenvalue weighted by Gasteiger charge is 2.67. The van der Waals surface area contributed by atoms with Gasteiger partial charge in [0.25, 0.3) is 15.9 Å². The Balaban J connectivity index is 1.34. The number of nitrogens with one attached hydrogen (secondary N) is 2. The Bertz CT molecular complexity index is 2260. The summed E-state index contributed by atoms with van der Waals surface area (Å²) in [5.41, 5.74) is -4.22. The molecule has 2 aromatic carbocycles. The van der Waals surface area contributed by atoms with E-state index < -0.39 is 56.2 Å². The van der Waals surface area contributed by atoms with Gasteiger partial charge in [-0.3, -0.25) is 14.6 Å². The fourth-order valence-corrected chi connectivity index (χ4v) is 9.70. The first-order valence-corrected chi connectivity index (χ1v) is 19.3. The van der Waals surface area contributed by atoms with Gasteiger partial charge in [-0.2, -0.15) is 22.7 Å². The lowest BCUT2D eigenvalue weighted by Crippen LogP contribution is -2.81. The zero-order chi connectivity index (χ0) is 40.9. The number of carbonyl (C=O) groups excluding carboxylic acids is 3. The van der Waals surface area contributed by atoms with Crippen LogP contribution >= 0.6 is 0 Å². The first-order chi connectivity index (χ1) is 27.1. The number of urea groups is 1. The third kappa shape index (κ3) is 6.52. The largest absolute Gasteiger partial charge is 0.497 e. The number of rotatable bonds is 10. The molecule has 4 aliphatic heterocycles. The molecule has 1 aromatic heterocycles. The molecular weight excluding hydrogens is 776 g/mol. The Morgan fingerprint density at radius 1 is 1.05 bits per heavy atom. The summed E-state index contributed by atoms with van der Waals surface area (Å²) in [6.45, 7) is 3.47. The van der Waals surface area contributed by atoms with Crippen molar-refractivity contribution in [2.75, 3.05) is 57.9 Å². The van der Waals surface area contributed by atoms with E-state index in [1.165, 1.54) is 68.9 Å². The highest BCUT2D eigenvalue weighted by atomic mass is 32.2. The number of aromatic nitrogens is 1. The number of anilines is 1. The van der Waals surface area contributed by atoms with E-state index >= 15 is 4.79 Å². The maximum atomic E-state index is 15.3. The van der Waals surface area contributed by atoms with E-state index in [1.807, 2.05) is 6.07 Å². The molecule has 0 radical (unpaired) electrons. The summed E-state index contributed by atoms with van der Waals surface area (Å²) in [6, 6.07) is 11.2. The van der Waals surface area contributed by atoms with Crippen LogP contribution in [0.2, 0.25) is 0 Å². The molecule has 0 saturated carbocycles. The van der Waals surface area contributed by atoms with Crippen LogP contribution in [0, 0.1) is 16.7 Å². The Hall–Kier alpha value is -5.65. The van der Waals surface area contributed by atoms with E-state index in [9.17, 15) is 36.4 Å². The predicted molar refractivity (Wildman–Crippen MR) is 193 cm³/mol. The topological polar surface area (TPSA) is 193 Å². The van der Waals surface area contributed by atoms with Crippen molar-refractivity contribution < 1.29 is 54.9 Å². The number of nitrogens with zero attached hydrogens (tertiary/aromatic N) is 5. The molecule has 3 amide bonds. The molecule has 7 rings (SSSR count). The molecule has 5 heterocycles. The third-order valence-corrected chi connectivity index (χ3v) is 12.5. The zero-order valence-electron chi connectivity index (χ0n) is 31.0. The number of hydrogen-bond acceptors (Lipinski definition) is 13. The lowest BCUT2D eigenvalue weighted by molar-refractivity contribution is -0.269. The maximum absolute atomic E-state index is 15.3. The van der Waals surface area contributed by atoms with Crippen molar-refractivity contribution in [3.8, 4) is 23.4 Å². The summed E-state index contributed by atoms with van der Waals surface area (Å²) in [6.07, 6.45) is -4.14. The number of piperidine rings is 1. The average molecular weight is 814 g/mol. The molecule has 1 spiro atoms. The standard InChI is InChI=1S/C37H38F3N7O9S/c1-4-55-30-25(6-5-13-43-30)36(44-34(50)46-21-35(32(46)56-33(49)37(38,39)40)19-45(20-35)23-11-14-42-15-12-23)26-16-22(18-41)7-9-27(26)47(31(36)48)57(51,52)29-10-8-24(53-2)17-28(29)54-3/h5-10,13,16-17,23,32,42H,4,11-12,14-15,19-21H2,1-3H3,(H,44,50). The summed E-state index contributed by atoms with van der Waals surface area (Å²) in [4.78, 5) is 49.0. The van der Waals surface area contributed by atoms with Gasteiger partial charge in [0.1, 0.15) is 16.4 Å². The fraction of sp³-hybridized carbons (Fsp3) is 0.432. The van der Waals surface area contributed by atoms with Crippen LogP contribution in [0.3, 0.4) is 0 Å². The van der Waals surface area contributed by atoms with Gasteiger partial charge in [-0.25, -0.2) is 23.0 Å². The highest BCUT2D eigenvalue weighted by molar-refractivity contribution is 7.93. The third-order valence-electron chi connectivity index (χ3n) is 10.8. The number of nitriles is 1. The van der Waals surface area contributed by atoms with Gasteiger partial charge < -0.3 is 29.6 Å². The average Bonchev–Trinajstić information content (AvgIpc) is 3.43. The van der Waals surface area contributed by atoms with Crippen LogP contribution < -0.4 is 29.1 Å². The monoisotopic (exact) mass is 813 g/mol. The van der Waals surface area contributed by atoms with Gasteiger partial charge in [-0.15, -0.1) is 0 Å². The van der Waals surface area contributed by atoms with Crippen LogP contribution in [0.1, 0.15) is 36.5 Å². The number of amides is 3. The fourth-order valence-electron chi connectivity index (χ4n) is 8.10. The maximum Gasteiger partial charge on any atom is 0.491 e. The zero-order valence-corrected chi connectivity index (χ0v) is 31.8. The SMILES string of the molecule is CCOc1ncccc1C1(NC(=O)N2CC3(CN(C4CCNCC4)C3)C2OC(=O)C(F)(F)F)C(=O)N(S(=O)(=O)c2ccc(OC)cc2OC)c2ccc(C#N)cc21. The number of likely N-dealkylation sites (tertiary alicyclic amines) is 2. The number of hydrogen-bond donors (Lipinski definition) is 2. The summed E-state index contributed by atoms with van der Waals surface area (Å²) < 4.78 is 92.2. The van der Waals surface area contributed by atoms with Crippen LogP contribution in [0.4, 0.5) is 23.7 Å². The van der Waals surface area contributed by atoms with Crippen LogP contribution in [0.15, 0.2) is 59.6 Å². The molecule has 302 valence electrons. The van der Waals surface area contributed by atoms with Gasteiger partial charge in [0.05, 0.1) is 49.1 Å². The first-order valence-electron chi connectivity index (χ1n) is 17.9. The van der Waals surface area contributed by atoms with Crippen molar-refractivity contribution >= 4 is 33.6 Å². The van der Waals surface area contributed by atoms with E-state index in [0.717, 1.165) is 30.8 Å². The molecule has 0 aliphatic carbocycles. The summed E-state index contributed by atoms with van der Waals surface area (Å²) in [5, 5.41) is 15.9. The van der Waals surface area contributed by atoms with Crippen molar-refractivity contribution in [3.05, 3.63) is 71.4 Å². The summed E-state index contributed by atoms with van der Waals surface area (Å²) in [5.74, 6) is -3.91. The van der Waals surface area contributed by atoms with Gasteiger partial charge in [0.2, 0.25) is 5.88 Å².